The van der Waals surface area contributed by atoms with Crippen LogP contribution in [-0.4, -0.2) is 16.6 Å². The number of rotatable bonds is 7. The van der Waals surface area contributed by atoms with Crippen molar-refractivity contribution in [3.63, 3.8) is 0 Å². The fourth-order valence-electron chi connectivity index (χ4n) is 1.83. The Balaban J connectivity index is 2.88. The third-order valence-corrected chi connectivity index (χ3v) is 4.08. The Morgan fingerprint density at radius 3 is 2.56 bits per heavy atom. The van der Waals surface area contributed by atoms with E-state index in [0.29, 0.717) is 6.42 Å². The Labute approximate surface area is 113 Å². The molecule has 0 saturated heterocycles. The van der Waals surface area contributed by atoms with Gasteiger partial charge in [-0.25, -0.2) is 0 Å². The summed E-state index contributed by atoms with van der Waals surface area (Å²) in [5.41, 5.74) is 0.848. The number of hydrogen-bond acceptors (Lipinski definition) is 3. The van der Waals surface area contributed by atoms with Crippen LogP contribution in [0.5, 0.6) is 0 Å². The molecule has 0 radical (unpaired) electrons. The standard InChI is InChI=1S/C15H20O2S/c1-3-7-15(14(10-11-16)12(2)17)18-13-8-5-4-6-9-13/h4-6,8-9,11,15,17H,3,7,10H2,1-2H3/b14-12+. The van der Waals surface area contributed by atoms with Crippen LogP contribution in [0, 0.1) is 0 Å². The number of allylic oxidation sites excluding steroid dienone is 1. The van der Waals surface area contributed by atoms with Crippen molar-refractivity contribution in [3.05, 3.63) is 41.7 Å². The summed E-state index contributed by atoms with van der Waals surface area (Å²) in [7, 11) is 0. The fourth-order valence-corrected chi connectivity index (χ4v) is 3.24. The zero-order valence-electron chi connectivity index (χ0n) is 10.9. The van der Waals surface area contributed by atoms with Gasteiger partial charge in [-0.1, -0.05) is 31.5 Å². The smallest absolute Gasteiger partial charge is 0.124 e. The monoisotopic (exact) mass is 264 g/mol. The van der Waals surface area contributed by atoms with E-state index >= 15 is 0 Å². The van der Waals surface area contributed by atoms with Crippen LogP contribution in [0.15, 0.2) is 46.6 Å². The molecule has 0 heterocycles. The van der Waals surface area contributed by atoms with Crippen LogP contribution in [0.1, 0.15) is 33.1 Å². The summed E-state index contributed by atoms with van der Waals surface area (Å²) in [5.74, 6) is 0.281. The number of benzene rings is 1. The van der Waals surface area contributed by atoms with E-state index in [1.54, 1.807) is 18.7 Å². The molecule has 0 aliphatic rings. The molecule has 0 amide bonds. The number of aldehydes is 1. The highest BCUT2D eigenvalue weighted by molar-refractivity contribution is 8.00. The van der Waals surface area contributed by atoms with Gasteiger partial charge < -0.3 is 9.90 Å². The molecule has 1 aromatic rings. The average Bonchev–Trinajstić information content (AvgIpc) is 2.36. The van der Waals surface area contributed by atoms with Gasteiger partial charge in [-0.15, -0.1) is 11.8 Å². The molecule has 0 aliphatic heterocycles. The van der Waals surface area contributed by atoms with E-state index < -0.39 is 0 Å². The van der Waals surface area contributed by atoms with Gasteiger partial charge in [-0.05, 0) is 31.1 Å². The lowest BCUT2D eigenvalue weighted by Gasteiger charge is -2.19. The van der Waals surface area contributed by atoms with Gasteiger partial charge in [-0.2, -0.15) is 0 Å². The summed E-state index contributed by atoms with van der Waals surface area (Å²) in [6.45, 7) is 3.77. The SMILES string of the molecule is CCCC(Sc1ccccc1)/C(CC=O)=C(\C)O. The van der Waals surface area contributed by atoms with E-state index in [1.807, 2.05) is 18.2 Å². The molecule has 0 saturated carbocycles. The molecule has 0 fully saturated rings. The van der Waals surface area contributed by atoms with Crippen LogP contribution in [0.3, 0.4) is 0 Å². The molecule has 0 aliphatic carbocycles. The molecule has 2 nitrogen and oxygen atoms in total. The van der Waals surface area contributed by atoms with Crippen LogP contribution in [-0.2, 0) is 4.79 Å². The van der Waals surface area contributed by atoms with Crippen molar-refractivity contribution in [1.82, 2.24) is 0 Å². The summed E-state index contributed by atoms with van der Waals surface area (Å²) in [6.07, 6.45) is 3.16. The van der Waals surface area contributed by atoms with E-state index in [4.69, 9.17) is 0 Å². The first-order chi connectivity index (χ1) is 8.69. The fraction of sp³-hybridized carbons (Fsp3) is 0.400. The number of thioether (sulfide) groups is 1. The summed E-state index contributed by atoms with van der Waals surface area (Å²) in [4.78, 5) is 11.9. The van der Waals surface area contributed by atoms with E-state index in [0.717, 1.165) is 24.7 Å². The second kappa shape index (κ2) is 7.98. The molecular weight excluding hydrogens is 244 g/mol. The number of aliphatic hydroxyl groups excluding tert-OH is 1. The van der Waals surface area contributed by atoms with Gasteiger partial charge in [0, 0.05) is 16.6 Å². The van der Waals surface area contributed by atoms with Crippen LogP contribution in [0.2, 0.25) is 0 Å². The van der Waals surface area contributed by atoms with E-state index in [9.17, 15) is 9.90 Å². The molecular formula is C15H20O2S. The lowest BCUT2D eigenvalue weighted by Crippen LogP contribution is -2.09. The number of aliphatic hydroxyl groups is 1. The Bertz CT molecular complexity index is 394. The molecule has 0 aromatic heterocycles. The van der Waals surface area contributed by atoms with Gasteiger partial charge in [0.05, 0.1) is 5.76 Å². The molecule has 18 heavy (non-hydrogen) atoms. The molecule has 3 heteroatoms. The van der Waals surface area contributed by atoms with Gasteiger partial charge in [0.25, 0.3) is 0 Å². The predicted molar refractivity (Wildman–Crippen MR) is 77.0 cm³/mol. The maximum absolute atomic E-state index is 10.7. The van der Waals surface area contributed by atoms with Crippen molar-refractivity contribution in [2.75, 3.05) is 0 Å². The molecule has 98 valence electrons. The topological polar surface area (TPSA) is 37.3 Å². The minimum Gasteiger partial charge on any atom is -0.513 e. The highest BCUT2D eigenvalue weighted by Gasteiger charge is 2.17. The minimum absolute atomic E-state index is 0.174. The normalized spacial score (nSPS) is 13.9. The molecule has 0 spiro atoms. The van der Waals surface area contributed by atoms with Gasteiger partial charge in [0.2, 0.25) is 0 Å². The molecule has 0 bridgehead atoms. The molecule has 1 atom stereocenters. The van der Waals surface area contributed by atoms with Crippen molar-refractivity contribution in [3.8, 4) is 0 Å². The van der Waals surface area contributed by atoms with E-state index in [-0.39, 0.29) is 11.0 Å². The van der Waals surface area contributed by atoms with Gasteiger partial charge in [-0.3, -0.25) is 0 Å². The lowest BCUT2D eigenvalue weighted by molar-refractivity contribution is -0.107. The second-order valence-electron chi connectivity index (χ2n) is 4.19. The van der Waals surface area contributed by atoms with Crippen LogP contribution < -0.4 is 0 Å². The minimum atomic E-state index is 0.174. The summed E-state index contributed by atoms with van der Waals surface area (Å²) >= 11 is 1.71. The largest absolute Gasteiger partial charge is 0.513 e. The maximum Gasteiger partial charge on any atom is 0.124 e. The van der Waals surface area contributed by atoms with Crippen LogP contribution in [0.25, 0.3) is 0 Å². The Hall–Kier alpha value is -1.22. The number of carbonyl (C=O) groups excluding carboxylic acids is 1. The molecule has 1 unspecified atom stereocenters. The van der Waals surface area contributed by atoms with Crippen molar-refractivity contribution in [1.29, 1.82) is 0 Å². The zero-order valence-corrected chi connectivity index (χ0v) is 11.7. The van der Waals surface area contributed by atoms with Crippen molar-refractivity contribution >= 4 is 18.0 Å². The van der Waals surface area contributed by atoms with Crippen molar-refractivity contribution in [2.24, 2.45) is 0 Å². The van der Waals surface area contributed by atoms with E-state index in [2.05, 4.69) is 19.1 Å². The van der Waals surface area contributed by atoms with Crippen molar-refractivity contribution in [2.45, 2.75) is 43.3 Å². The summed E-state index contributed by atoms with van der Waals surface area (Å²) in [6, 6.07) is 10.1. The van der Waals surface area contributed by atoms with Crippen molar-refractivity contribution < 1.29 is 9.90 Å². The third kappa shape index (κ3) is 4.57. The highest BCUT2D eigenvalue weighted by atomic mass is 32.2. The highest BCUT2D eigenvalue weighted by Crippen LogP contribution is 2.33. The first-order valence-corrected chi connectivity index (χ1v) is 7.11. The van der Waals surface area contributed by atoms with Crippen LogP contribution >= 0.6 is 11.8 Å². The zero-order chi connectivity index (χ0) is 13.4. The van der Waals surface area contributed by atoms with Crippen LogP contribution in [0.4, 0.5) is 0 Å². The molecule has 1 N–H and O–H groups in total. The first-order valence-electron chi connectivity index (χ1n) is 6.23. The summed E-state index contributed by atoms with van der Waals surface area (Å²) < 4.78 is 0. The average molecular weight is 264 g/mol. The first kappa shape index (κ1) is 14.8. The predicted octanol–water partition coefficient (Wildman–Crippen LogP) is 4.37. The Morgan fingerprint density at radius 1 is 1.39 bits per heavy atom. The molecule has 1 rings (SSSR count). The third-order valence-electron chi connectivity index (χ3n) is 2.73. The van der Waals surface area contributed by atoms with E-state index in [1.165, 1.54) is 4.90 Å². The number of carbonyl (C=O) groups is 1. The quantitative estimate of drug-likeness (QED) is 0.451. The number of hydrogen-bond donors (Lipinski definition) is 1. The Kier molecular flexibility index (Phi) is 6.58. The molecule has 1 aromatic carbocycles. The van der Waals surface area contributed by atoms with Gasteiger partial charge in [0.1, 0.15) is 6.29 Å². The maximum atomic E-state index is 10.7. The summed E-state index contributed by atoms with van der Waals surface area (Å²) in [5, 5.41) is 9.90. The lowest BCUT2D eigenvalue weighted by atomic mass is 10.0. The second-order valence-corrected chi connectivity index (χ2v) is 5.47. The van der Waals surface area contributed by atoms with Gasteiger partial charge in [0.15, 0.2) is 0 Å². The van der Waals surface area contributed by atoms with Gasteiger partial charge >= 0.3 is 0 Å². The Morgan fingerprint density at radius 2 is 2.06 bits per heavy atom.